The van der Waals surface area contributed by atoms with Crippen LogP contribution in [0.2, 0.25) is 0 Å². The number of rotatable bonds is 3. The third-order valence-corrected chi connectivity index (χ3v) is 5.46. The Morgan fingerprint density at radius 3 is 2.83 bits per heavy atom. The van der Waals surface area contributed by atoms with E-state index in [1.807, 2.05) is 0 Å². The van der Waals surface area contributed by atoms with E-state index in [0.717, 1.165) is 22.3 Å². The van der Waals surface area contributed by atoms with E-state index in [1.54, 1.807) is 18.1 Å². The van der Waals surface area contributed by atoms with Crippen LogP contribution in [0, 0.1) is 0 Å². The Kier molecular flexibility index (Phi) is 4.50. The molecule has 2 aromatic heterocycles. The number of thiazole rings is 1. The molecule has 128 valence electrons. The third kappa shape index (κ3) is 2.65. The summed E-state index contributed by atoms with van der Waals surface area (Å²) >= 11 is 2.43. The number of thioether (sulfide) groups is 1. The van der Waals surface area contributed by atoms with Crippen molar-refractivity contribution in [2.24, 2.45) is 0 Å². The van der Waals surface area contributed by atoms with Crippen molar-refractivity contribution in [2.45, 2.75) is 24.9 Å². The topological polar surface area (TPSA) is 101 Å². The lowest BCUT2D eigenvalue weighted by Crippen LogP contribution is -2.37. The van der Waals surface area contributed by atoms with Crippen LogP contribution in [0.5, 0.6) is 0 Å². The minimum absolute atomic E-state index is 0.202. The van der Waals surface area contributed by atoms with E-state index in [9.17, 15) is 19.5 Å². The molecule has 0 unspecified atom stereocenters. The normalized spacial score (nSPS) is 13.8. The molecule has 24 heavy (non-hydrogen) atoms. The molecule has 0 radical (unpaired) electrons. The lowest BCUT2D eigenvalue weighted by atomic mass is 10.2. The molecule has 10 heteroatoms. The lowest BCUT2D eigenvalue weighted by molar-refractivity contribution is 0.0690. The predicted octanol–water partition coefficient (Wildman–Crippen LogP) is 1.69. The molecule has 0 aromatic carbocycles. The van der Waals surface area contributed by atoms with Gasteiger partial charge in [-0.05, 0) is 13.2 Å². The number of carboxylic acids is 1. The maximum atomic E-state index is 12.6. The van der Waals surface area contributed by atoms with Crippen LogP contribution in [0.15, 0.2) is 9.82 Å². The summed E-state index contributed by atoms with van der Waals surface area (Å²) in [4.78, 5) is 43.1. The molecule has 0 spiro atoms. The second-order valence-corrected chi connectivity index (χ2v) is 6.92. The van der Waals surface area contributed by atoms with Crippen molar-refractivity contribution in [3.05, 3.63) is 26.5 Å². The molecule has 8 nitrogen and oxygen atoms in total. The molecule has 0 aliphatic carbocycles. The highest BCUT2D eigenvalue weighted by Gasteiger charge is 2.28. The predicted molar refractivity (Wildman–Crippen MR) is 89.2 cm³/mol. The van der Waals surface area contributed by atoms with Crippen LogP contribution >= 0.6 is 23.1 Å². The number of nitrogens with zero attached hydrogens (tertiary/aromatic N) is 3. The van der Waals surface area contributed by atoms with Gasteiger partial charge in [-0.25, -0.2) is 14.6 Å². The maximum absolute atomic E-state index is 12.6. The van der Waals surface area contributed by atoms with E-state index in [2.05, 4.69) is 4.98 Å². The fourth-order valence-electron chi connectivity index (χ4n) is 2.65. The number of aromatic nitrogens is 2. The van der Waals surface area contributed by atoms with E-state index in [4.69, 9.17) is 4.74 Å². The first-order chi connectivity index (χ1) is 11.5. The average molecular weight is 369 g/mol. The van der Waals surface area contributed by atoms with Crippen LogP contribution in [0.1, 0.15) is 27.9 Å². The van der Waals surface area contributed by atoms with Crippen LogP contribution in [-0.2, 0) is 17.7 Å². The smallest absolute Gasteiger partial charge is 0.410 e. The summed E-state index contributed by atoms with van der Waals surface area (Å²) in [5.41, 5.74) is -0.157. The number of fused-ring (bicyclic) bond motifs is 3. The van der Waals surface area contributed by atoms with Crippen molar-refractivity contribution in [1.82, 2.24) is 14.3 Å². The molecule has 1 amide bonds. The summed E-state index contributed by atoms with van der Waals surface area (Å²) in [6.07, 6.45) is 1.74. The monoisotopic (exact) mass is 369 g/mol. The van der Waals surface area contributed by atoms with Gasteiger partial charge in [-0.15, -0.1) is 11.8 Å². The van der Waals surface area contributed by atoms with Gasteiger partial charge in [0, 0.05) is 23.5 Å². The number of carboxylic acid groups (broad SMARTS) is 1. The molecule has 1 N–H and O–H groups in total. The summed E-state index contributed by atoms with van der Waals surface area (Å²) < 4.78 is 6.37. The lowest BCUT2D eigenvalue weighted by Gasteiger charge is -2.25. The fourth-order valence-corrected chi connectivity index (χ4v) is 4.44. The first-order valence-corrected chi connectivity index (χ1v) is 9.28. The van der Waals surface area contributed by atoms with E-state index in [-0.39, 0.29) is 10.6 Å². The van der Waals surface area contributed by atoms with Crippen LogP contribution in [0.3, 0.4) is 0 Å². The van der Waals surface area contributed by atoms with Gasteiger partial charge < -0.3 is 14.7 Å². The zero-order chi connectivity index (χ0) is 17.4. The number of aromatic carboxylic acids is 1. The number of carbonyl (C=O) groups excluding carboxylic acids is 1. The standard InChI is InChI=1S/C14H15N3O5S2/c1-3-22-14(21)16-5-4-7-8(6-16)24-13-15-10(23-2)9(12(19)20)11(18)17(7)13/h3-6H2,1-2H3,(H,19,20). The van der Waals surface area contributed by atoms with Gasteiger partial charge in [0.05, 0.1) is 13.2 Å². The number of amides is 1. The Bertz CT molecular complexity index is 889. The highest BCUT2D eigenvalue weighted by atomic mass is 32.2. The minimum Gasteiger partial charge on any atom is -0.477 e. The second-order valence-electron chi connectivity index (χ2n) is 5.07. The molecule has 0 saturated heterocycles. The highest BCUT2D eigenvalue weighted by molar-refractivity contribution is 7.98. The summed E-state index contributed by atoms with van der Waals surface area (Å²) in [7, 11) is 0. The molecule has 0 saturated carbocycles. The SMILES string of the molecule is CCOC(=O)N1CCc2c(sc3nc(SC)c(C(=O)O)c(=O)n23)C1. The Morgan fingerprint density at radius 2 is 2.21 bits per heavy atom. The van der Waals surface area contributed by atoms with E-state index < -0.39 is 17.6 Å². The van der Waals surface area contributed by atoms with Gasteiger partial charge in [-0.1, -0.05) is 11.3 Å². The maximum Gasteiger partial charge on any atom is 0.410 e. The molecule has 1 aliphatic rings. The van der Waals surface area contributed by atoms with Crippen molar-refractivity contribution in [1.29, 1.82) is 0 Å². The van der Waals surface area contributed by atoms with Crippen molar-refractivity contribution < 1.29 is 19.4 Å². The van der Waals surface area contributed by atoms with Crippen LogP contribution < -0.4 is 5.56 Å². The summed E-state index contributed by atoms with van der Waals surface area (Å²) in [5.74, 6) is -1.28. The molecule has 0 fully saturated rings. The Hall–Kier alpha value is -2.07. The Balaban J connectivity index is 2.11. The molecular formula is C14H15N3O5S2. The Labute approximate surface area is 145 Å². The van der Waals surface area contributed by atoms with Crippen molar-refractivity contribution in [3.8, 4) is 0 Å². The van der Waals surface area contributed by atoms with Crippen LogP contribution in [-0.4, -0.2) is 50.9 Å². The van der Waals surface area contributed by atoms with Crippen molar-refractivity contribution in [3.63, 3.8) is 0 Å². The Morgan fingerprint density at radius 1 is 1.46 bits per heavy atom. The van der Waals surface area contributed by atoms with Gasteiger partial charge in [0.25, 0.3) is 5.56 Å². The molecule has 1 aliphatic heterocycles. The molecule has 2 aromatic rings. The van der Waals surface area contributed by atoms with Gasteiger partial charge in [0.1, 0.15) is 5.03 Å². The average Bonchev–Trinajstić information content (AvgIpc) is 2.91. The van der Waals surface area contributed by atoms with Gasteiger partial charge in [0.15, 0.2) is 10.5 Å². The highest BCUT2D eigenvalue weighted by Crippen LogP contribution is 2.29. The first-order valence-electron chi connectivity index (χ1n) is 7.24. The largest absolute Gasteiger partial charge is 0.477 e. The van der Waals surface area contributed by atoms with Gasteiger partial charge in [-0.2, -0.15) is 0 Å². The number of hydrogen-bond acceptors (Lipinski definition) is 7. The first kappa shape index (κ1) is 16.8. The van der Waals surface area contributed by atoms with Gasteiger partial charge in [-0.3, -0.25) is 9.20 Å². The summed E-state index contributed by atoms with van der Waals surface area (Å²) in [6, 6.07) is 0. The molecule has 0 bridgehead atoms. The molecule has 0 atom stereocenters. The number of hydrogen-bond donors (Lipinski definition) is 1. The zero-order valence-electron chi connectivity index (χ0n) is 13.1. The minimum atomic E-state index is -1.28. The van der Waals surface area contributed by atoms with E-state index >= 15 is 0 Å². The van der Waals surface area contributed by atoms with Crippen LogP contribution in [0.4, 0.5) is 4.79 Å². The third-order valence-electron chi connectivity index (χ3n) is 3.71. The second kappa shape index (κ2) is 6.44. The fraction of sp³-hybridized carbons (Fsp3) is 0.429. The summed E-state index contributed by atoms with van der Waals surface area (Å²) in [6.45, 7) is 2.79. The molecule has 3 rings (SSSR count). The van der Waals surface area contributed by atoms with Gasteiger partial charge in [0.2, 0.25) is 0 Å². The van der Waals surface area contributed by atoms with Crippen molar-refractivity contribution >= 4 is 40.1 Å². The molecule has 3 heterocycles. The van der Waals surface area contributed by atoms with E-state index in [1.165, 1.54) is 15.7 Å². The van der Waals surface area contributed by atoms with E-state index in [0.29, 0.717) is 31.1 Å². The van der Waals surface area contributed by atoms with Crippen molar-refractivity contribution in [2.75, 3.05) is 19.4 Å². The molecular weight excluding hydrogens is 354 g/mol. The quantitative estimate of drug-likeness (QED) is 0.649. The zero-order valence-corrected chi connectivity index (χ0v) is 14.7. The van der Waals surface area contributed by atoms with Crippen LogP contribution in [0.25, 0.3) is 4.96 Å². The van der Waals surface area contributed by atoms with Gasteiger partial charge >= 0.3 is 12.1 Å². The number of ether oxygens (including phenoxy) is 1. The summed E-state index contributed by atoms with van der Waals surface area (Å²) in [5, 5.41) is 9.52. The number of carbonyl (C=O) groups is 2.